The van der Waals surface area contributed by atoms with Crippen LogP contribution in [0.1, 0.15) is 21.5 Å². The summed E-state index contributed by atoms with van der Waals surface area (Å²) in [6.07, 6.45) is 0. The number of nitrogens with one attached hydrogen (secondary N) is 2. The Hall–Kier alpha value is -3.83. The molecule has 2 N–H and O–H groups in total. The van der Waals surface area contributed by atoms with Crippen LogP contribution in [0.4, 0.5) is 11.4 Å². The maximum absolute atomic E-state index is 12.7. The second-order valence-corrected chi connectivity index (χ2v) is 8.14. The molecule has 0 heterocycles. The second-order valence-electron chi connectivity index (χ2n) is 7.77. The second kappa shape index (κ2) is 9.76. The van der Waals surface area contributed by atoms with Crippen LogP contribution in [-0.4, -0.2) is 18.4 Å². The fourth-order valence-electron chi connectivity index (χ4n) is 3.57. The number of hydrogen-bond acceptors (Lipinski definition) is 3. The van der Waals surface area contributed by atoms with Crippen molar-refractivity contribution in [2.75, 3.05) is 17.2 Å². The van der Waals surface area contributed by atoms with Crippen molar-refractivity contribution in [3.05, 3.63) is 101 Å². The summed E-state index contributed by atoms with van der Waals surface area (Å²) in [6, 6.07) is 24.0. The van der Waals surface area contributed by atoms with Gasteiger partial charge in [0.1, 0.15) is 5.75 Å². The van der Waals surface area contributed by atoms with E-state index < -0.39 is 0 Å². The van der Waals surface area contributed by atoms with Crippen LogP contribution < -0.4 is 15.4 Å². The molecule has 0 aromatic heterocycles. The summed E-state index contributed by atoms with van der Waals surface area (Å²) in [7, 11) is 0. The van der Waals surface area contributed by atoms with Crippen molar-refractivity contribution < 1.29 is 14.3 Å². The predicted octanol–water partition coefficient (Wildman–Crippen LogP) is 6.38. The van der Waals surface area contributed by atoms with E-state index in [1.54, 1.807) is 36.4 Å². The highest BCUT2D eigenvalue weighted by Crippen LogP contribution is 2.26. The minimum absolute atomic E-state index is 0.135. The fraction of sp³-hybridized carbons (Fsp3) is 0.111. The van der Waals surface area contributed by atoms with Crippen LogP contribution in [0.5, 0.6) is 5.75 Å². The molecule has 4 aromatic rings. The monoisotopic (exact) mass is 458 g/mol. The van der Waals surface area contributed by atoms with Crippen LogP contribution in [0.2, 0.25) is 5.02 Å². The van der Waals surface area contributed by atoms with E-state index in [2.05, 4.69) is 10.6 Å². The topological polar surface area (TPSA) is 67.4 Å². The van der Waals surface area contributed by atoms with Gasteiger partial charge in [0.15, 0.2) is 6.61 Å². The fourth-order valence-corrected chi connectivity index (χ4v) is 3.68. The molecule has 0 radical (unpaired) electrons. The standard InChI is InChI=1S/C27H23ClN2O3/c1-17-14-22(15-18(2)26(17)28)33-16-25(31)29-21-12-10-20(11-13-21)27(32)30-24-9-5-7-19-6-3-4-8-23(19)24/h3-15H,16H2,1-2H3,(H,29,31)(H,30,32). The quantitative estimate of drug-likeness (QED) is 0.352. The summed E-state index contributed by atoms with van der Waals surface area (Å²) in [4.78, 5) is 25.0. The summed E-state index contributed by atoms with van der Waals surface area (Å²) >= 11 is 6.16. The lowest BCUT2D eigenvalue weighted by Gasteiger charge is -2.11. The van der Waals surface area contributed by atoms with Crippen LogP contribution in [0.3, 0.4) is 0 Å². The number of ether oxygens (including phenoxy) is 1. The largest absolute Gasteiger partial charge is 0.484 e. The lowest BCUT2D eigenvalue weighted by molar-refractivity contribution is -0.118. The van der Waals surface area contributed by atoms with Crippen LogP contribution in [0.15, 0.2) is 78.9 Å². The van der Waals surface area contributed by atoms with Crippen molar-refractivity contribution in [1.82, 2.24) is 0 Å². The number of amides is 2. The predicted molar refractivity (Wildman–Crippen MR) is 133 cm³/mol. The number of anilines is 2. The van der Waals surface area contributed by atoms with Gasteiger partial charge in [0.05, 0.1) is 0 Å². The van der Waals surface area contributed by atoms with Crippen LogP contribution in [0.25, 0.3) is 10.8 Å². The first-order valence-electron chi connectivity index (χ1n) is 10.5. The molecule has 0 atom stereocenters. The maximum atomic E-state index is 12.7. The molecule has 0 fully saturated rings. The van der Waals surface area contributed by atoms with Gasteiger partial charge in [-0.25, -0.2) is 0 Å². The molecule has 0 bridgehead atoms. The molecule has 4 aromatic carbocycles. The molecule has 4 rings (SSSR count). The van der Waals surface area contributed by atoms with Crippen molar-refractivity contribution in [2.45, 2.75) is 13.8 Å². The van der Waals surface area contributed by atoms with Gasteiger partial charge in [-0.15, -0.1) is 0 Å². The Morgan fingerprint density at radius 3 is 2.24 bits per heavy atom. The van der Waals surface area contributed by atoms with Crippen molar-refractivity contribution in [3.8, 4) is 5.75 Å². The van der Waals surface area contributed by atoms with Gasteiger partial charge in [-0.1, -0.05) is 48.0 Å². The number of fused-ring (bicyclic) bond motifs is 1. The van der Waals surface area contributed by atoms with E-state index in [1.807, 2.05) is 56.3 Å². The van der Waals surface area contributed by atoms with Crippen LogP contribution in [0, 0.1) is 13.8 Å². The molecule has 33 heavy (non-hydrogen) atoms. The first kappa shape index (κ1) is 22.4. The van der Waals surface area contributed by atoms with Crippen LogP contribution in [-0.2, 0) is 4.79 Å². The van der Waals surface area contributed by atoms with E-state index in [9.17, 15) is 9.59 Å². The molecule has 0 aliphatic carbocycles. The van der Waals surface area contributed by atoms with Gasteiger partial charge >= 0.3 is 0 Å². The number of aryl methyl sites for hydroxylation is 2. The molecule has 6 heteroatoms. The minimum Gasteiger partial charge on any atom is -0.484 e. The zero-order valence-electron chi connectivity index (χ0n) is 18.3. The van der Waals surface area contributed by atoms with Crippen molar-refractivity contribution in [2.24, 2.45) is 0 Å². The highest BCUT2D eigenvalue weighted by Gasteiger charge is 2.10. The number of rotatable bonds is 6. The Kier molecular flexibility index (Phi) is 6.61. The zero-order chi connectivity index (χ0) is 23.4. The number of hydrogen-bond donors (Lipinski definition) is 2. The molecule has 0 spiro atoms. The van der Waals surface area contributed by atoms with E-state index in [1.165, 1.54) is 0 Å². The third-order valence-electron chi connectivity index (χ3n) is 5.25. The number of benzene rings is 4. The molecule has 2 amide bonds. The summed E-state index contributed by atoms with van der Waals surface area (Å²) in [5.41, 5.74) is 3.60. The van der Waals surface area contributed by atoms with Gasteiger partial charge in [-0.3, -0.25) is 9.59 Å². The highest BCUT2D eigenvalue weighted by atomic mass is 35.5. The molecular weight excluding hydrogens is 436 g/mol. The number of carbonyl (C=O) groups excluding carboxylic acids is 2. The van der Waals surface area contributed by atoms with Crippen molar-refractivity contribution in [1.29, 1.82) is 0 Å². The van der Waals surface area contributed by atoms with Crippen LogP contribution >= 0.6 is 11.6 Å². The highest BCUT2D eigenvalue weighted by molar-refractivity contribution is 6.32. The normalized spacial score (nSPS) is 10.6. The molecule has 0 aliphatic heterocycles. The third kappa shape index (κ3) is 5.33. The van der Waals surface area contributed by atoms with Gasteiger partial charge in [0.25, 0.3) is 11.8 Å². The van der Waals surface area contributed by atoms with Gasteiger partial charge in [0, 0.05) is 27.3 Å². The average Bonchev–Trinajstić information content (AvgIpc) is 2.82. The van der Waals surface area contributed by atoms with E-state index in [4.69, 9.17) is 16.3 Å². The van der Waals surface area contributed by atoms with Gasteiger partial charge < -0.3 is 15.4 Å². The van der Waals surface area contributed by atoms with E-state index in [0.29, 0.717) is 22.0 Å². The summed E-state index contributed by atoms with van der Waals surface area (Å²) < 4.78 is 5.59. The lowest BCUT2D eigenvalue weighted by atomic mass is 10.1. The smallest absolute Gasteiger partial charge is 0.262 e. The lowest BCUT2D eigenvalue weighted by Crippen LogP contribution is -2.20. The first-order valence-corrected chi connectivity index (χ1v) is 10.9. The number of carbonyl (C=O) groups is 2. The van der Waals surface area contributed by atoms with E-state index >= 15 is 0 Å². The van der Waals surface area contributed by atoms with Gasteiger partial charge in [-0.2, -0.15) is 0 Å². The summed E-state index contributed by atoms with van der Waals surface area (Å²) in [6.45, 7) is 3.64. The zero-order valence-corrected chi connectivity index (χ0v) is 19.1. The molecule has 0 saturated carbocycles. The third-order valence-corrected chi connectivity index (χ3v) is 5.84. The van der Waals surface area contributed by atoms with E-state index in [-0.39, 0.29) is 18.4 Å². The molecule has 166 valence electrons. The SMILES string of the molecule is Cc1cc(OCC(=O)Nc2ccc(C(=O)Nc3cccc4ccccc34)cc2)cc(C)c1Cl. The Bertz CT molecular complexity index is 1300. The molecular formula is C27H23ClN2O3. The molecule has 5 nitrogen and oxygen atoms in total. The Morgan fingerprint density at radius 2 is 1.52 bits per heavy atom. The Balaban J connectivity index is 1.36. The molecule has 0 aliphatic rings. The number of halogens is 1. The van der Waals surface area contributed by atoms with E-state index in [0.717, 1.165) is 27.6 Å². The first-order chi connectivity index (χ1) is 15.9. The molecule has 0 saturated heterocycles. The summed E-state index contributed by atoms with van der Waals surface area (Å²) in [5, 5.41) is 8.45. The minimum atomic E-state index is -0.298. The summed E-state index contributed by atoms with van der Waals surface area (Å²) in [5.74, 6) is 0.0688. The van der Waals surface area contributed by atoms with Gasteiger partial charge in [-0.05, 0) is 72.8 Å². The van der Waals surface area contributed by atoms with Crippen molar-refractivity contribution in [3.63, 3.8) is 0 Å². The molecule has 0 unspecified atom stereocenters. The Morgan fingerprint density at radius 1 is 0.848 bits per heavy atom. The van der Waals surface area contributed by atoms with Gasteiger partial charge in [0.2, 0.25) is 0 Å². The average molecular weight is 459 g/mol. The van der Waals surface area contributed by atoms with Crippen molar-refractivity contribution >= 4 is 45.6 Å². The Labute approximate surface area is 197 Å². The maximum Gasteiger partial charge on any atom is 0.262 e.